The molecule has 0 aliphatic heterocycles. The Morgan fingerprint density at radius 3 is 1.24 bits per heavy atom. The van der Waals surface area contributed by atoms with Crippen molar-refractivity contribution < 1.29 is 9.47 Å². The first-order valence-electron chi connectivity index (χ1n) is 15.4. The molecule has 0 bridgehead atoms. The van der Waals surface area contributed by atoms with Crippen LogP contribution < -0.4 is 0 Å². The van der Waals surface area contributed by atoms with Crippen LogP contribution in [0, 0.1) is 11.3 Å². The highest BCUT2D eigenvalue weighted by molar-refractivity contribution is 4.81. The summed E-state index contributed by atoms with van der Waals surface area (Å²) in [6.45, 7) is 10.7. The van der Waals surface area contributed by atoms with E-state index in [0.717, 1.165) is 32.3 Å². The summed E-state index contributed by atoms with van der Waals surface area (Å²) in [6.07, 6.45) is 30.4. The third kappa shape index (κ3) is 18.9. The van der Waals surface area contributed by atoms with Crippen molar-refractivity contribution in [3.63, 3.8) is 0 Å². The largest absolute Gasteiger partial charge is 0.381 e. The molecular formula is C31H62O2. The second kappa shape index (κ2) is 22.4. The Bertz CT molecular complexity index is 364. The van der Waals surface area contributed by atoms with Crippen molar-refractivity contribution in [2.75, 3.05) is 26.4 Å². The van der Waals surface area contributed by atoms with Crippen LogP contribution in [0.1, 0.15) is 162 Å². The van der Waals surface area contributed by atoms with E-state index in [2.05, 4.69) is 20.8 Å². The summed E-state index contributed by atoms with van der Waals surface area (Å²) >= 11 is 0. The molecule has 0 atom stereocenters. The summed E-state index contributed by atoms with van der Waals surface area (Å²) in [5.41, 5.74) is 0.212. The molecular weight excluding hydrogens is 404 g/mol. The van der Waals surface area contributed by atoms with Gasteiger partial charge in [-0.1, -0.05) is 143 Å². The summed E-state index contributed by atoms with van der Waals surface area (Å²) in [5, 5.41) is 0. The predicted molar refractivity (Wildman–Crippen MR) is 146 cm³/mol. The standard InChI is InChI=1S/C31H62O2/c1-4-6-8-10-12-14-16-18-20-25-32-28-31(3,27-30-23-22-24-30)29-33-26-21-19-17-15-13-11-9-7-5-2/h30H,4-29H2,1-3H3. The average molecular weight is 467 g/mol. The highest BCUT2D eigenvalue weighted by Crippen LogP contribution is 2.38. The molecule has 2 nitrogen and oxygen atoms in total. The fourth-order valence-electron chi connectivity index (χ4n) is 5.22. The molecule has 0 spiro atoms. The van der Waals surface area contributed by atoms with Gasteiger partial charge in [-0.3, -0.25) is 0 Å². The Morgan fingerprint density at radius 2 is 0.909 bits per heavy atom. The summed E-state index contributed by atoms with van der Waals surface area (Å²) in [4.78, 5) is 0. The lowest BCUT2D eigenvalue weighted by Crippen LogP contribution is -2.33. The Hall–Kier alpha value is -0.0800. The number of unbranched alkanes of at least 4 members (excludes halogenated alkanes) is 16. The van der Waals surface area contributed by atoms with Gasteiger partial charge in [0, 0.05) is 18.6 Å². The van der Waals surface area contributed by atoms with Gasteiger partial charge in [-0.15, -0.1) is 0 Å². The van der Waals surface area contributed by atoms with Gasteiger partial charge in [-0.05, 0) is 25.2 Å². The van der Waals surface area contributed by atoms with Crippen LogP contribution in [0.4, 0.5) is 0 Å². The van der Waals surface area contributed by atoms with Crippen molar-refractivity contribution in [2.24, 2.45) is 11.3 Å². The molecule has 1 rings (SSSR count). The van der Waals surface area contributed by atoms with E-state index in [1.807, 2.05) is 0 Å². The van der Waals surface area contributed by atoms with Gasteiger partial charge < -0.3 is 9.47 Å². The normalized spacial score (nSPS) is 14.6. The quantitative estimate of drug-likeness (QED) is 0.118. The molecule has 1 aliphatic carbocycles. The Morgan fingerprint density at radius 1 is 0.545 bits per heavy atom. The molecule has 2 heteroatoms. The minimum Gasteiger partial charge on any atom is -0.381 e. The second-order valence-electron chi connectivity index (χ2n) is 11.6. The maximum Gasteiger partial charge on any atom is 0.0541 e. The zero-order valence-corrected chi connectivity index (χ0v) is 23.3. The molecule has 0 radical (unpaired) electrons. The van der Waals surface area contributed by atoms with Gasteiger partial charge in [0.1, 0.15) is 0 Å². The second-order valence-corrected chi connectivity index (χ2v) is 11.6. The van der Waals surface area contributed by atoms with E-state index in [4.69, 9.17) is 9.47 Å². The van der Waals surface area contributed by atoms with Crippen LogP contribution in [0.2, 0.25) is 0 Å². The van der Waals surface area contributed by atoms with Crippen molar-refractivity contribution in [1.82, 2.24) is 0 Å². The summed E-state index contributed by atoms with van der Waals surface area (Å²) in [7, 11) is 0. The summed E-state index contributed by atoms with van der Waals surface area (Å²) in [5.74, 6) is 0.919. The molecule has 1 aliphatic rings. The van der Waals surface area contributed by atoms with Crippen LogP contribution >= 0.6 is 0 Å². The molecule has 0 saturated heterocycles. The first kappa shape index (κ1) is 31.0. The molecule has 33 heavy (non-hydrogen) atoms. The maximum absolute atomic E-state index is 6.20. The fourth-order valence-corrected chi connectivity index (χ4v) is 5.22. The number of hydrogen-bond acceptors (Lipinski definition) is 2. The molecule has 198 valence electrons. The summed E-state index contributed by atoms with van der Waals surface area (Å²) < 4.78 is 12.4. The van der Waals surface area contributed by atoms with Crippen molar-refractivity contribution in [1.29, 1.82) is 0 Å². The van der Waals surface area contributed by atoms with E-state index in [1.54, 1.807) is 0 Å². The van der Waals surface area contributed by atoms with Crippen LogP contribution in [-0.2, 0) is 9.47 Å². The SMILES string of the molecule is CCCCCCCCCCCOCC(C)(COCCCCCCCCCCC)CC1CCC1. The van der Waals surface area contributed by atoms with Crippen molar-refractivity contribution >= 4 is 0 Å². The smallest absolute Gasteiger partial charge is 0.0541 e. The molecule has 0 N–H and O–H groups in total. The van der Waals surface area contributed by atoms with Crippen LogP contribution in [-0.4, -0.2) is 26.4 Å². The van der Waals surface area contributed by atoms with Gasteiger partial charge >= 0.3 is 0 Å². The van der Waals surface area contributed by atoms with Crippen molar-refractivity contribution in [2.45, 2.75) is 162 Å². The van der Waals surface area contributed by atoms with Gasteiger partial charge in [0.2, 0.25) is 0 Å². The minimum atomic E-state index is 0.212. The van der Waals surface area contributed by atoms with Crippen LogP contribution in [0.25, 0.3) is 0 Å². The maximum atomic E-state index is 6.20. The topological polar surface area (TPSA) is 18.5 Å². The Kier molecular flexibility index (Phi) is 21.0. The van der Waals surface area contributed by atoms with E-state index >= 15 is 0 Å². The van der Waals surface area contributed by atoms with E-state index in [1.165, 1.54) is 141 Å². The Balaban J connectivity index is 2.03. The van der Waals surface area contributed by atoms with Crippen LogP contribution in [0.3, 0.4) is 0 Å². The van der Waals surface area contributed by atoms with E-state index in [9.17, 15) is 0 Å². The molecule has 0 amide bonds. The average Bonchev–Trinajstić information content (AvgIpc) is 2.78. The molecule has 0 aromatic heterocycles. The molecule has 0 heterocycles. The first-order valence-corrected chi connectivity index (χ1v) is 15.4. The molecule has 0 aromatic carbocycles. The zero-order chi connectivity index (χ0) is 23.9. The Labute approximate surface area is 209 Å². The number of ether oxygens (including phenoxy) is 2. The van der Waals surface area contributed by atoms with Gasteiger partial charge in [0.25, 0.3) is 0 Å². The molecule has 0 aromatic rings. The highest BCUT2D eigenvalue weighted by atomic mass is 16.5. The number of hydrogen-bond donors (Lipinski definition) is 0. The van der Waals surface area contributed by atoms with Crippen LogP contribution in [0.5, 0.6) is 0 Å². The third-order valence-corrected chi connectivity index (χ3v) is 7.69. The monoisotopic (exact) mass is 466 g/mol. The van der Waals surface area contributed by atoms with Gasteiger partial charge in [-0.25, -0.2) is 0 Å². The minimum absolute atomic E-state index is 0.212. The van der Waals surface area contributed by atoms with Gasteiger partial charge in [0.15, 0.2) is 0 Å². The predicted octanol–water partition coefficient (Wildman–Crippen LogP) is 10.3. The van der Waals surface area contributed by atoms with Gasteiger partial charge in [0.05, 0.1) is 13.2 Å². The zero-order valence-electron chi connectivity index (χ0n) is 23.3. The third-order valence-electron chi connectivity index (χ3n) is 7.69. The highest BCUT2D eigenvalue weighted by Gasteiger charge is 2.31. The van der Waals surface area contributed by atoms with Gasteiger partial charge in [-0.2, -0.15) is 0 Å². The lowest BCUT2D eigenvalue weighted by molar-refractivity contribution is -0.0326. The molecule has 1 fully saturated rings. The lowest BCUT2D eigenvalue weighted by atomic mass is 9.73. The lowest BCUT2D eigenvalue weighted by Gasteiger charge is -2.36. The van der Waals surface area contributed by atoms with E-state index in [-0.39, 0.29) is 5.41 Å². The molecule has 1 saturated carbocycles. The van der Waals surface area contributed by atoms with E-state index in [0.29, 0.717) is 0 Å². The van der Waals surface area contributed by atoms with E-state index < -0.39 is 0 Å². The van der Waals surface area contributed by atoms with Crippen LogP contribution in [0.15, 0.2) is 0 Å². The summed E-state index contributed by atoms with van der Waals surface area (Å²) in [6, 6.07) is 0. The fraction of sp³-hybridized carbons (Fsp3) is 1.00. The molecule has 0 unspecified atom stereocenters. The first-order chi connectivity index (χ1) is 16.2. The van der Waals surface area contributed by atoms with Crippen molar-refractivity contribution in [3.05, 3.63) is 0 Å². The number of rotatable bonds is 26. The van der Waals surface area contributed by atoms with Crippen molar-refractivity contribution in [3.8, 4) is 0 Å².